The number of aryl methyl sites for hydroxylation is 1. The number of hydrogen-bond donors (Lipinski definition) is 1. The van der Waals surface area contributed by atoms with Crippen molar-refractivity contribution in [2.45, 2.75) is 46.1 Å². The molecule has 36 heavy (non-hydrogen) atoms. The zero-order valence-corrected chi connectivity index (χ0v) is 22.2. The average molecular weight is 542 g/mol. The number of thiophene rings is 1. The van der Waals surface area contributed by atoms with Gasteiger partial charge in [0.15, 0.2) is 5.57 Å². The van der Waals surface area contributed by atoms with E-state index in [0.29, 0.717) is 26.7 Å². The summed E-state index contributed by atoms with van der Waals surface area (Å²) in [5.74, 6) is -1.14. The van der Waals surface area contributed by atoms with Crippen LogP contribution in [0.5, 0.6) is 0 Å². The van der Waals surface area contributed by atoms with Gasteiger partial charge < -0.3 is 10.1 Å². The molecule has 0 saturated heterocycles. The summed E-state index contributed by atoms with van der Waals surface area (Å²) in [4.78, 5) is 40.2. The number of carbonyl (C=O) groups is 2. The molecule has 3 aromatic rings. The smallest absolute Gasteiger partial charge is 0.341 e. The molecule has 1 aliphatic carbocycles. The summed E-state index contributed by atoms with van der Waals surface area (Å²) >= 11 is 8.38. The van der Waals surface area contributed by atoms with Crippen molar-refractivity contribution in [3.05, 3.63) is 70.4 Å². The first kappa shape index (κ1) is 25.9. The number of thiazole rings is 1. The summed E-state index contributed by atoms with van der Waals surface area (Å²) in [6, 6.07) is 8.99. The minimum atomic E-state index is -0.664. The second-order valence-electron chi connectivity index (χ2n) is 8.09. The minimum absolute atomic E-state index is 0.184. The molecule has 1 aromatic carbocycles. The van der Waals surface area contributed by atoms with Crippen LogP contribution in [-0.4, -0.2) is 23.1 Å². The van der Waals surface area contributed by atoms with E-state index in [-0.39, 0.29) is 22.4 Å². The number of carbonyl (C=O) groups excluding carboxylic acids is 2. The van der Waals surface area contributed by atoms with Crippen molar-refractivity contribution in [1.82, 2.24) is 4.57 Å². The van der Waals surface area contributed by atoms with Crippen LogP contribution in [0, 0.1) is 11.3 Å². The lowest BCUT2D eigenvalue weighted by Gasteiger charge is -2.12. The number of nitrogens with zero attached hydrogens (tertiary/aromatic N) is 2. The van der Waals surface area contributed by atoms with Crippen molar-refractivity contribution in [2.75, 3.05) is 11.9 Å². The molecule has 0 bridgehead atoms. The van der Waals surface area contributed by atoms with Crippen LogP contribution in [-0.2, 0) is 28.9 Å². The van der Waals surface area contributed by atoms with E-state index in [1.807, 2.05) is 6.07 Å². The van der Waals surface area contributed by atoms with Gasteiger partial charge in [0.25, 0.3) is 11.5 Å². The summed E-state index contributed by atoms with van der Waals surface area (Å²) in [6.07, 6.45) is 5.27. The van der Waals surface area contributed by atoms with Gasteiger partial charge in [-0.2, -0.15) is 5.26 Å². The van der Waals surface area contributed by atoms with E-state index in [1.165, 1.54) is 15.9 Å². The van der Waals surface area contributed by atoms with Crippen LogP contribution in [0.2, 0.25) is 5.02 Å². The monoisotopic (exact) mass is 541 g/mol. The standard InChI is InChI=1S/C26H24ClN3O4S2/c1-3-30-24(32)20(13-15-9-11-16(27)12-10-15)36-25(30)18(14-28)22(31)29-23-21(26(33)34-4-2)17-7-5-6-8-19(17)35-23/h9-13H,3-8H2,1-2H3,(H,29,31). The van der Waals surface area contributed by atoms with Gasteiger partial charge in [-0.3, -0.25) is 14.2 Å². The molecule has 7 nitrogen and oxygen atoms in total. The van der Waals surface area contributed by atoms with Crippen LogP contribution in [0.15, 0.2) is 29.1 Å². The zero-order valence-electron chi connectivity index (χ0n) is 19.9. The molecule has 4 rings (SSSR count). The third kappa shape index (κ3) is 5.16. The van der Waals surface area contributed by atoms with E-state index < -0.39 is 11.9 Å². The molecule has 0 atom stereocenters. The van der Waals surface area contributed by atoms with Crippen LogP contribution in [0.1, 0.15) is 53.1 Å². The first-order chi connectivity index (χ1) is 17.4. The lowest BCUT2D eigenvalue weighted by atomic mass is 9.95. The number of benzene rings is 1. The molecule has 1 aliphatic rings. The number of ether oxygens (including phenoxy) is 1. The Bertz CT molecular complexity index is 1540. The number of esters is 1. The molecule has 2 heterocycles. The largest absolute Gasteiger partial charge is 0.462 e. The third-order valence-electron chi connectivity index (χ3n) is 5.82. The number of rotatable bonds is 6. The summed E-state index contributed by atoms with van der Waals surface area (Å²) < 4.78 is 7.33. The normalized spacial score (nSPS) is 14.1. The summed E-state index contributed by atoms with van der Waals surface area (Å²) in [5.41, 5.74) is 1.60. The molecule has 186 valence electrons. The summed E-state index contributed by atoms with van der Waals surface area (Å²) in [5, 5.41) is 13.7. The molecule has 2 aromatic heterocycles. The first-order valence-corrected chi connectivity index (χ1v) is 13.6. The van der Waals surface area contributed by atoms with E-state index >= 15 is 0 Å². The Kier molecular flexibility index (Phi) is 8.09. The molecular weight excluding hydrogens is 518 g/mol. The Balaban J connectivity index is 1.80. The lowest BCUT2D eigenvalue weighted by molar-refractivity contribution is -0.111. The fourth-order valence-electron chi connectivity index (χ4n) is 4.14. The van der Waals surface area contributed by atoms with Gasteiger partial charge in [-0.15, -0.1) is 22.7 Å². The van der Waals surface area contributed by atoms with Gasteiger partial charge in [0.05, 0.1) is 16.7 Å². The number of aromatic nitrogens is 1. The molecule has 0 saturated carbocycles. The Hall–Kier alpha value is -3.19. The van der Waals surface area contributed by atoms with Crippen molar-refractivity contribution >= 4 is 62.8 Å². The molecule has 0 radical (unpaired) electrons. The average Bonchev–Trinajstić information content (AvgIpc) is 3.37. The third-order valence-corrected chi connectivity index (χ3v) is 8.41. The highest BCUT2D eigenvalue weighted by Crippen LogP contribution is 2.38. The fraction of sp³-hybridized carbons (Fsp3) is 0.308. The number of anilines is 1. The maximum absolute atomic E-state index is 13.3. The topological polar surface area (TPSA) is 101 Å². The molecule has 0 unspecified atom stereocenters. The highest BCUT2D eigenvalue weighted by Gasteiger charge is 2.28. The number of halogens is 1. The molecule has 10 heteroatoms. The van der Waals surface area contributed by atoms with Gasteiger partial charge in [0.1, 0.15) is 15.7 Å². The van der Waals surface area contributed by atoms with E-state index in [2.05, 4.69) is 5.32 Å². The van der Waals surface area contributed by atoms with E-state index in [4.69, 9.17) is 16.3 Å². The van der Waals surface area contributed by atoms with Crippen LogP contribution in [0.25, 0.3) is 11.6 Å². The van der Waals surface area contributed by atoms with Crippen molar-refractivity contribution in [3.63, 3.8) is 0 Å². The Morgan fingerprint density at radius 2 is 1.92 bits per heavy atom. The second-order valence-corrected chi connectivity index (χ2v) is 10.7. The maximum atomic E-state index is 13.3. The number of fused-ring (bicyclic) bond motifs is 1. The maximum Gasteiger partial charge on any atom is 0.341 e. The summed E-state index contributed by atoms with van der Waals surface area (Å²) in [7, 11) is 0. The van der Waals surface area contributed by atoms with Gasteiger partial charge in [0.2, 0.25) is 0 Å². The van der Waals surface area contributed by atoms with Crippen molar-refractivity contribution in [1.29, 1.82) is 5.26 Å². The van der Waals surface area contributed by atoms with Crippen LogP contribution >= 0.6 is 34.3 Å². The lowest BCUT2D eigenvalue weighted by Crippen LogP contribution is -2.33. The Morgan fingerprint density at radius 1 is 1.19 bits per heavy atom. The molecule has 1 amide bonds. The van der Waals surface area contributed by atoms with Crippen LogP contribution in [0.4, 0.5) is 5.00 Å². The molecule has 0 aliphatic heterocycles. The van der Waals surface area contributed by atoms with Gasteiger partial charge in [-0.1, -0.05) is 23.7 Å². The molecule has 0 fully saturated rings. The summed E-state index contributed by atoms with van der Waals surface area (Å²) in [6.45, 7) is 4.02. The van der Waals surface area contributed by atoms with E-state index in [9.17, 15) is 19.6 Å². The zero-order chi connectivity index (χ0) is 25.8. The van der Waals surface area contributed by atoms with Gasteiger partial charge in [-0.05, 0) is 68.9 Å². The van der Waals surface area contributed by atoms with Crippen molar-refractivity contribution < 1.29 is 14.3 Å². The van der Waals surface area contributed by atoms with Crippen LogP contribution < -0.4 is 20.1 Å². The van der Waals surface area contributed by atoms with Gasteiger partial charge in [0, 0.05) is 16.4 Å². The fourth-order valence-corrected chi connectivity index (χ4v) is 6.70. The van der Waals surface area contributed by atoms with Crippen molar-refractivity contribution in [3.8, 4) is 6.07 Å². The van der Waals surface area contributed by atoms with Gasteiger partial charge in [-0.25, -0.2) is 4.79 Å². The van der Waals surface area contributed by atoms with E-state index in [0.717, 1.165) is 53.0 Å². The minimum Gasteiger partial charge on any atom is -0.462 e. The second kappa shape index (κ2) is 11.2. The number of amides is 1. The van der Waals surface area contributed by atoms with Crippen LogP contribution in [0.3, 0.4) is 0 Å². The molecular formula is C26H24ClN3O4S2. The Morgan fingerprint density at radius 3 is 2.58 bits per heavy atom. The number of nitriles is 1. The number of nitrogens with one attached hydrogen (secondary N) is 1. The SMILES string of the molecule is CCOC(=O)c1c(NC(=O)C(C#N)=c2sc(=Cc3ccc(Cl)cc3)c(=O)n2CC)sc2c1CCCC2. The number of hydrogen-bond acceptors (Lipinski definition) is 7. The predicted molar refractivity (Wildman–Crippen MR) is 143 cm³/mol. The highest BCUT2D eigenvalue weighted by molar-refractivity contribution is 7.17. The highest BCUT2D eigenvalue weighted by atomic mass is 35.5. The van der Waals surface area contributed by atoms with E-state index in [1.54, 1.807) is 44.2 Å². The predicted octanol–water partition coefficient (Wildman–Crippen LogP) is 3.84. The molecule has 0 spiro atoms. The molecule has 1 N–H and O–H groups in total. The Labute approximate surface area is 220 Å². The van der Waals surface area contributed by atoms with Gasteiger partial charge >= 0.3 is 5.97 Å². The first-order valence-electron chi connectivity index (χ1n) is 11.6. The quantitative estimate of drug-likeness (QED) is 0.478. The van der Waals surface area contributed by atoms with Crippen molar-refractivity contribution in [2.24, 2.45) is 0 Å².